The van der Waals surface area contributed by atoms with Crippen molar-refractivity contribution >= 4 is 10.9 Å². The molecule has 1 aliphatic heterocycles. The van der Waals surface area contributed by atoms with Crippen molar-refractivity contribution in [1.82, 2.24) is 14.8 Å². The predicted octanol–water partition coefficient (Wildman–Crippen LogP) is 5.68. The second-order valence-corrected chi connectivity index (χ2v) is 7.78. The minimum absolute atomic E-state index is 0.00340. The van der Waals surface area contributed by atoms with E-state index in [1.54, 1.807) is 0 Å². The van der Waals surface area contributed by atoms with Gasteiger partial charge in [0.2, 0.25) is 0 Å². The van der Waals surface area contributed by atoms with E-state index in [-0.39, 0.29) is 6.23 Å². The van der Waals surface area contributed by atoms with Gasteiger partial charge in [-0.2, -0.15) is 5.10 Å². The summed E-state index contributed by atoms with van der Waals surface area (Å²) in [7, 11) is 0. The highest BCUT2D eigenvalue weighted by Crippen LogP contribution is 2.36. The number of aryl methyl sites for hydroxylation is 1. The Morgan fingerprint density at radius 1 is 1.07 bits per heavy atom. The highest BCUT2D eigenvalue weighted by Gasteiger charge is 2.20. The molecule has 30 heavy (non-hydrogen) atoms. The van der Waals surface area contributed by atoms with Gasteiger partial charge in [0.1, 0.15) is 12.4 Å². The molecule has 5 rings (SSSR count). The molecule has 5 nitrogen and oxygen atoms in total. The van der Waals surface area contributed by atoms with Crippen LogP contribution in [0.25, 0.3) is 22.0 Å². The second kappa shape index (κ2) is 8.28. The van der Waals surface area contributed by atoms with Crippen molar-refractivity contribution < 1.29 is 9.47 Å². The van der Waals surface area contributed by atoms with E-state index in [0.29, 0.717) is 6.61 Å². The lowest BCUT2D eigenvalue weighted by molar-refractivity contribution is -0.0366. The number of ether oxygens (including phenoxy) is 2. The standard InChI is InChI=1S/C25H25N3O2/c1-18-10-11-20(15-26-18)22-14-23-21(16-27-28(23)25-9-5-6-12-29-25)13-24(22)30-17-19-7-3-2-4-8-19/h2-4,7-8,10-11,13-16,25H,5-6,9,12,17H2,1H3. The fourth-order valence-corrected chi connectivity index (χ4v) is 3.93. The Balaban J connectivity index is 1.56. The molecule has 0 saturated carbocycles. The Morgan fingerprint density at radius 2 is 1.97 bits per heavy atom. The molecule has 0 bridgehead atoms. The zero-order valence-corrected chi connectivity index (χ0v) is 17.1. The maximum absolute atomic E-state index is 6.27. The molecule has 0 spiro atoms. The van der Waals surface area contributed by atoms with E-state index in [2.05, 4.69) is 40.4 Å². The molecule has 152 valence electrons. The zero-order valence-electron chi connectivity index (χ0n) is 17.1. The number of aromatic nitrogens is 3. The Kier molecular flexibility index (Phi) is 5.20. The van der Waals surface area contributed by atoms with Crippen LogP contribution in [0.5, 0.6) is 5.75 Å². The van der Waals surface area contributed by atoms with Crippen molar-refractivity contribution in [2.75, 3.05) is 6.61 Å². The molecule has 2 aromatic heterocycles. The van der Waals surface area contributed by atoms with Gasteiger partial charge in [0, 0.05) is 35.0 Å². The summed E-state index contributed by atoms with van der Waals surface area (Å²) in [5.74, 6) is 0.834. The molecular weight excluding hydrogens is 374 g/mol. The minimum Gasteiger partial charge on any atom is -0.488 e. The second-order valence-electron chi connectivity index (χ2n) is 7.78. The summed E-state index contributed by atoms with van der Waals surface area (Å²) in [4.78, 5) is 4.49. The van der Waals surface area contributed by atoms with Crippen LogP contribution in [0.3, 0.4) is 0 Å². The van der Waals surface area contributed by atoms with Crippen molar-refractivity contribution in [3.05, 3.63) is 78.2 Å². The average Bonchev–Trinajstić information content (AvgIpc) is 3.22. The largest absolute Gasteiger partial charge is 0.488 e. The molecule has 1 fully saturated rings. The smallest absolute Gasteiger partial charge is 0.150 e. The molecular formula is C25H25N3O2. The predicted molar refractivity (Wildman–Crippen MR) is 117 cm³/mol. The molecule has 1 aliphatic rings. The van der Waals surface area contributed by atoms with E-state index >= 15 is 0 Å². The van der Waals surface area contributed by atoms with E-state index in [1.807, 2.05) is 48.3 Å². The molecule has 0 amide bonds. The van der Waals surface area contributed by atoms with Gasteiger partial charge < -0.3 is 9.47 Å². The first-order valence-electron chi connectivity index (χ1n) is 10.5. The molecule has 5 heteroatoms. The van der Waals surface area contributed by atoms with E-state index in [9.17, 15) is 0 Å². The fraction of sp³-hybridized carbons (Fsp3) is 0.280. The van der Waals surface area contributed by atoms with Crippen LogP contribution < -0.4 is 4.74 Å². The lowest BCUT2D eigenvalue weighted by atomic mass is 10.0. The molecule has 1 atom stereocenters. The van der Waals surface area contributed by atoms with Crippen LogP contribution in [0.2, 0.25) is 0 Å². The van der Waals surface area contributed by atoms with Gasteiger partial charge in [0.15, 0.2) is 6.23 Å². The van der Waals surface area contributed by atoms with Gasteiger partial charge in [0.05, 0.1) is 11.7 Å². The topological polar surface area (TPSA) is 49.2 Å². The number of hydrogen-bond acceptors (Lipinski definition) is 4. The first-order valence-corrected chi connectivity index (χ1v) is 10.5. The number of nitrogens with zero attached hydrogens (tertiary/aromatic N) is 3. The van der Waals surface area contributed by atoms with Gasteiger partial charge in [-0.1, -0.05) is 36.4 Å². The monoisotopic (exact) mass is 399 g/mol. The third kappa shape index (κ3) is 3.81. The molecule has 0 radical (unpaired) electrons. The molecule has 2 aromatic carbocycles. The van der Waals surface area contributed by atoms with Crippen LogP contribution in [0, 0.1) is 6.92 Å². The van der Waals surface area contributed by atoms with E-state index in [0.717, 1.165) is 58.5 Å². The van der Waals surface area contributed by atoms with Crippen molar-refractivity contribution in [1.29, 1.82) is 0 Å². The van der Waals surface area contributed by atoms with Gasteiger partial charge in [-0.05, 0) is 49.9 Å². The Bertz CT molecular complexity index is 1130. The SMILES string of the molecule is Cc1ccc(-c2cc3c(cnn3C3CCCCO3)cc2OCc2ccccc2)cn1. The number of fused-ring (bicyclic) bond motifs is 1. The molecule has 4 aromatic rings. The quantitative estimate of drug-likeness (QED) is 0.433. The van der Waals surface area contributed by atoms with Crippen molar-refractivity contribution in [3.63, 3.8) is 0 Å². The van der Waals surface area contributed by atoms with Crippen LogP contribution in [-0.4, -0.2) is 21.4 Å². The Hall–Kier alpha value is -3.18. The number of rotatable bonds is 5. The summed E-state index contributed by atoms with van der Waals surface area (Å²) in [5, 5.41) is 5.70. The summed E-state index contributed by atoms with van der Waals surface area (Å²) in [6, 6.07) is 18.6. The van der Waals surface area contributed by atoms with Crippen LogP contribution in [0.15, 0.2) is 67.0 Å². The maximum atomic E-state index is 6.27. The molecule has 0 aliphatic carbocycles. The molecule has 3 heterocycles. The highest BCUT2D eigenvalue weighted by atomic mass is 16.5. The van der Waals surface area contributed by atoms with Crippen molar-refractivity contribution in [2.24, 2.45) is 0 Å². The molecule has 0 N–H and O–H groups in total. The van der Waals surface area contributed by atoms with E-state index in [1.165, 1.54) is 6.42 Å². The van der Waals surface area contributed by atoms with E-state index in [4.69, 9.17) is 9.47 Å². The maximum Gasteiger partial charge on any atom is 0.150 e. The molecule has 1 unspecified atom stereocenters. The van der Waals surface area contributed by atoms with Crippen LogP contribution >= 0.6 is 0 Å². The number of pyridine rings is 1. The van der Waals surface area contributed by atoms with Crippen molar-refractivity contribution in [2.45, 2.75) is 39.0 Å². The number of benzene rings is 2. The van der Waals surface area contributed by atoms with Gasteiger partial charge in [-0.3, -0.25) is 4.98 Å². The zero-order chi connectivity index (χ0) is 20.3. The normalized spacial score (nSPS) is 16.6. The van der Waals surface area contributed by atoms with Crippen LogP contribution in [0.1, 0.15) is 36.7 Å². The first-order chi connectivity index (χ1) is 14.8. The fourth-order valence-electron chi connectivity index (χ4n) is 3.93. The average molecular weight is 399 g/mol. The minimum atomic E-state index is -0.00340. The first kappa shape index (κ1) is 18.8. The lowest BCUT2D eigenvalue weighted by Crippen LogP contribution is -2.18. The summed E-state index contributed by atoms with van der Waals surface area (Å²) in [6.07, 6.45) is 7.08. The third-order valence-corrected chi connectivity index (χ3v) is 5.58. The van der Waals surface area contributed by atoms with Crippen LogP contribution in [-0.2, 0) is 11.3 Å². The Morgan fingerprint density at radius 3 is 2.73 bits per heavy atom. The van der Waals surface area contributed by atoms with Gasteiger partial charge in [-0.15, -0.1) is 0 Å². The van der Waals surface area contributed by atoms with E-state index < -0.39 is 0 Å². The van der Waals surface area contributed by atoms with Gasteiger partial charge in [-0.25, -0.2) is 4.68 Å². The molecule has 1 saturated heterocycles. The summed E-state index contributed by atoms with van der Waals surface area (Å²) < 4.78 is 14.3. The summed E-state index contributed by atoms with van der Waals surface area (Å²) in [5.41, 5.74) is 5.24. The number of hydrogen-bond donors (Lipinski definition) is 0. The van der Waals surface area contributed by atoms with Crippen molar-refractivity contribution in [3.8, 4) is 16.9 Å². The summed E-state index contributed by atoms with van der Waals surface area (Å²) in [6.45, 7) is 3.30. The van der Waals surface area contributed by atoms with Gasteiger partial charge >= 0.3 is 0 Å². The Labute approximate surface area is 176 Å². The third-order valence-electron chi connectivity index (χ3n) is 5.58. The van der Waals surface area contributed by atoms with Gasteiger partial charge in [0.25, 0.3) is 0 Å². The van der Waals surface area contributed by atoms with Crippen LogP contribution in [0.4, 0.5) is 0 Å². The summed E-state index contributed by atoms with van der Waals surface area (Å²) >= 11 is 0. The highest BCUT2D eigenvalue weighted by molar-refractivity contribution is 5.88. The lowest BCUT2D eigenvalue weighted by Gasteiger charge is -2.23.